The third-order valence-corrected chi connectivity index (χ3v) is 5.78. The molecule has 0 aromatic carbocycles. The summed E-state index contributed by atoms with van der Waals surface area (Å²) in [5.74, 6) is 2.00. The highest BCUT2D eigenvalue weighted by atomic mass is 14.4. The third kappa shape index (κ3) is 3.75. The van der Waals surface area contributed by atoms with Crippen LogP contribution in [0.25, 0.3) is 0 Å². The molecule has 0 saturated heterocycles. The minimum atomic E-state index is 0.785. The molecule has 0 heterocycles. The van der Waals surface area contributed by atoms with E-state index in [1.165, 1.54) is 51.4 Å². The Bertz CT molecular complexity index is 216. The minimum absolute atomic E-state index is 0.785. The highest BCUT2D eigenvalue weighted by Gasteiger charge is 2.39. The summed E-state index contributed by atoms with van der Waals surface area (Å²) < 4.78 is 0. The van der Waals surface area contributed by atoms with E-state index >= 15 is 0 Å². The molecule has 2 aliphatic carbocycles. The van der Waals surface area contributed by atoms with Gasteiger partial charge in [0.15, 0.2) is 0 Å². The van der Waals surface area contributed by atoms with E-state index in [0.29, 0.717) is 0 Å². The first-order valence-corrected chi connectivity index (χ1v) is 8.73. The Kier molecular flexibility index (Phi) is 5.57. The Morgan fingerprint density at radius 3 is 2.11 bits per heavy atom. The van der Waals surface area contributed by atoms with Crippen LogP contribution in [0.5, 0.6) is 0 Å². The van der Waals surface area contributed by atoms with Crippen molar-refractivity contribution in [3.8, 4) is 0 Å². The van der Waals surface area contributed by atoms with E-state index in [1.807, 2.05) is 0 Å². The largest absolute Gasteiger partial charge is 0.0628 e. The fourth-order valence-corrected chi connectivity index (χ4v) is 4.70. The lowest BCUT2D eigenvalue weighted by Gasteiger charge is -2.46. The van der Waals surface area contributed by atoms with Crippen LogP contribution in [0.1, 0.15) is 97.3 Å². The van der Waals surface area contributed by atoms with Crippen molar-refractivity contribution in [3.63, 3.8) is 0 Å². The highest BCUT2D eigenvalue weighted by molar-refractivity contribution is 4.90. The Hall–Kier alpha value is 0. The lowest BCUT2D eigenvalue weighted by atomic mass is 9.59. The van der Waals surface area contributed by atoms with Crippen LogP contribution in [-0.2, 0) is 0 Å². The molecule has 0 aliphatic heterocycles. The molecular formula is C18H34. The van der Waals surface area contributed by atoms with Crippen LogP contribution in [-0.4, -0.2) is 0 Å². The summed E-state index contributed by atoms with van der Waals surface area (Å²) in [4.78, 5) is 0. The highest BCUT2D eigenvalue weighted by Crippen LogP contribution is 2.51. The van der Waals surface area contributed by atoms with Crippen LogP contribution in [0.4, 0.5) is 0 Å². The lowest BCUT2D eigenvalue weighted by molar-refractivity contribution is 0.0538. The fourth-order valence-electron chi connectivity index (χ4n) is 4.70. The van der Waals surface area contributed by atoms with Gasteiger partial charge in [0.1, 0.15) is 0 Å². The van der Waals surface area contributed by atoms with Gasteiger partial charge in [0, 0.05) is 0 Å². The van der Waals surface area contributed by atoms with Gasteiger partial charge >= 0.3 is 0 Å². The summed E-state index contributed by atoms with van der Waals surface area (Å²) in [7, 11) is 0. The Balaban J connectivity index is 1.92. The molecule has 0 aromatic rings. The molecule has 0 N–H and O–H groups in total. The second kappa shape index (κ2) is 6.96. The quantitative estimate of drug-likeness (QED) is 0.534. The molecule has 0 unspecified atom stereocenters. The molecule has 0 radical (unpaired) electrons. The first-order valence-electron chi connectivity index (χ1n) is 8.73. The van der Waals surface area contributed by atoms with Crippen LogP contribution in [0, 0.1) is 17.3 Å². The van der Waals surface area contributed by atoms with E-state index in [9.17, 15) is 0 Å². The number of hydrogen-bond donors (Lipinski definition) is 0. The molecule has 2 rings (SSSR count). The van der Waals surface area contributed by atoms with Gasteiger partial charge in [-0.25, -0.2) is 0 Å². The molecule has 0 spiro atoms. The van der Waals surface area contributed by atoms with Gasteiger partial charge in [0.2, 0.25) is 0 Å². The third-order valence-electron chi connectivity index (χ3n) is 5.78. The smallest absolute Gasteiger partial charge is 0.0269 e. The van der Waals surface area contributed by atoms with E-state index in [1.54, 1.807) is 32.1 Å². The molecule has 106 valence electrons. The monoisotopic (exact) mass is 250 g/mol. The van der Waals surface area contributed by atoms with Crippen LogP contribution in [0.15, 0.2) is 0 Å². The summed E-state index contributed by atoms with van der Waals surface area (Å²) in [6, 6.07) is 0. The van der Waals surface area contributed by atoms with E-state index in [0.717, 1.165) is 17.3 Å². The molecule has 18 heavy (non-hydrogen) atoms. The minimum Gasteiger partial charge on any atom is -0.0628 e. The molecule has 0 aromatic heterocycles. The van der Waals surface area contributed by atoms with Crippen molar-refractivity contribution in [2.45, 2.75) is 97.3 Å². The SMILES string of the molecule is CC(C)CCCC1(C2CCCCC2)CCCCC1. The summed E-state index contributed by atoms with van der Waals surface area (Å²) in [6.45, 7) is 4.77. The molecule has 2 fully saturated rings. The van der Waals surface area contributed by atoms with E-state index in [4.69, 9.17) is 0 Å². The molecular weight excluding hydrogens is 216 g/mol. The van der Waals surface area contributed by atoms with Gasteiger partial charge in [-0.1, -0.05) is 65.2 Å². The molecule has 0 heteroatoms. The predicted molar refractivity (Wildman–Crippen MR) is 80.8 cm³/mol. The Labute approximate surface area is 115 Å². The predicted octanol–water partition coefficient (Wildman–Crippen LogP) is 6.34. The van der Waals surface area contributed by atoms with Gasteiger partial charge in [0.25, 0.3) is 0 Å². The Morgan fingerprint density at radius 2 is 1.50 bits per heavy atom. The van der Waals surface area contributed by atoms with Gasteiger partial charge in [-0.15, -0.1) is 0 Å². The molecule has 0 bridgehead atoms. The fraction of sp³-hybridized carbons (Fsp3) is 1.00. The zero-order chi connectivity index (χ0) is 12.8. The van der Waals surface area contributed by atoms with Crippen LogP contribution >= 0.6 is 0 Å². The van der Waals surface area contributed by atoms with Crippen LogP contribution < -0.4 is 0 Å². The maximum Gasteiger partial charge on any atom is -0.0269 e. The van der Waals surface area contributed by atoms with Crippen molar-refractivity contribution in [1.29, 1.82) is 0 Å². The van der Waals surface area contributed by atoms with Gasteiger partial charge in [-0.2, -0.15) is 0 Å². The maximum absolute atomic E-state index is 2.38. The van der Waals surface area contributed by atoms with Crippen molar-refractivity contribution in [2.75, 3.05) is 0 Å². The van der Waals surface area contributed by atoms with Gasteiger partial charge in [-0.05, 0) is 49.4 Å². The van der Waals surface area contributed by atoms with Crippen LogP contribution in [0.3, 0.4) is 0 Å². The zero-order valence-corrected chi connectivity index (χ0v) is 12.8. The standard InChI is InChI=1S/C18H34/c1-16(2)10-9-15-18(13-7-4-8-14-18)17-11-5-3-6-12-17/h16-17H,3-15H2,1-2H3. The van der Waals surface area contributed by atoms with Crippen LogP contribution in [0.2, 0.25) is 0 Å². The molecule has 2 aliphatic rings. The topological polar surface area (TPSA) is 0 Å². The van der Waals surface area contributed by atoms with Gasteiger partial charge in [-0.3, -0.25) is 0 Å². The van der Waals surface area contributed by atoms with E-state index < -0.39 is 0 Å². The second-order valence-corrected chi connectivity index (χ2v) is 7.54. The summed E-state index contributed by atoms with van der Waals surface area (Å²) in [5.41, 5.74) is 0.785. The summed E-state index contributed by atoms with van der Waals surface area (Å²) in [5, 5.41) is 0. The average Bonchev–Trinajstić information content (AvgIpc) is 2.40. The van der Waals surface area contributed by atoms with Gasteiger partial charge < -0.3 is 0 Å². The van der Waals surface area contributed by atoms with Crippen molar-refractivity contribution in [3.05, 3.63) is 0 Å². The van der Waals surface area contributed by atoms with Crippen molar-refractivity contribution in [1.82, 2.24) is 0 Å². The summed E-state index contributed by atoms with van der Waals surface area (Å²) >= 11 is 0. The first kappa shape index (κ1) is 14.4. The number of hydrogen-bond acceptors (Lipinski definition) is 0. The second-order valence-electron chi connectivity index (χ2n) is 7.54. The van der Waals surface area contributed by atoms with Crippen molar-refractivity contribution >= 4 is 0 Å². The van der Waals surface area contributed by atoms with E-state index in [2.05, 4.69) is 13.8 Å². The first-order chi connectivity index (χ1) is 8.73. The van der Waals surface area contributed by atoms with E-state index in [-0.39, 0.29) is 0 Å². The Morgan fingerprint density at radius 1 is 0.889 bits per heavy atom. The number of rotatable bonds is 5. The summed E-state index contributed by atoms with van der Waals surface area (Å²) in [6.07, 6.45) is 19.9. The molecule has 0 nitrogen and oxygen atoms in total. The maximum atomic E-state index is 2.38. The van der Waals surface area contributed by atoms with Crippen molar-refractivity contribution in [2.24, 2.45) is 17.3 Å². The molecule has 0 amide bonds. The molecule has 2 saturated carbocycles. The van der Waals surface area contributed by atoms with Crippen molar-refractivity contribution < 1.29 is 0 Å². The average molecular weight is 250 g/mol. The lowest BCUT2D eigenvalue weighted by Crippen LogP contribution is -2.34. The normalized spacial score (nSPS) is 25.5. The van der Waals surface area contributed by atoms with Gasteiger partial charge in [0.05, 0.1) is 0 Å². The molecule has 0 atom stereocenters. The zero-order valence-electron chi connectivity index (χ0n) is 12.8.